The van der Waals surface area contributed by atoms with E-state index in [1.165, 1.54) is 16.2 Å². The minimum Gasteiger partial charge on any atom is -0.493 e. The van der Waals surface area contributed by atoms with Crippen LogP contribution in [0.3, 0.4) is 0 Å². The van der Waals surface area contributed by atoms with Crippen molar-refractivity contribution in [3.05, 3.63) is 40.9 Å². The molecule has 6 heteroatoms. The van der Waals surface area contributed by atoms with Crippen molar-refractivity contribution in [1.29, 1.82) is 0 Å². The zero-order valence-electron chi connectivity index (χ0n) is 10.9. The molecule has 5 nitrogen and oxygen atoms in total. The van der Waals surface area contributed by atoms with Gasteiger partial charge < -0.3 is 15.4 Å². The van der Waals surface area contributed by atoms with E-state index in [9.17, 15) is 4.79 Å². The highest BCUT2D eigenvalue weighted by molar-refractivity contribution is 7.15. The van der Waals surface area contributed by atoms with Gasteiger partial charge in [-0.05, 0) is 12.1 Å². The monoisotopic (exact) mass is 289 g/mol. The smallest absolute Gasteiger partial charge is 0.229 e. The van der Waals surface area contributed by atoms with E-state index in [4.69, 9.17) is 4.74 Å². The topological polar surface area (TPSA) is 63.2 Å². The third-order valence-corrected chi connectivity index (χ3v) is 3.96. The zero-order chi connectivity index (χ0) is 13.8. The number of carbonyl (C=O) groups is 1. The van der Waals surface area contributed by atoms with Crippen molar-refractivity contribution in [2.24, 2.45) is 0 Å². The summed E-state index contributed by atoms with van der Waals surface area (Å²) in [7, 11) is 0. The Hall–Kier alpha value is -1.92. The van der Waals surface area contributed by atoms with Crippen LogP contribution in [0, 0.1) is 0 Å². The Kier molecular flexibility index (Phi) is 3.94. The largest absolute Gasteiger partial charge is 0.493 e. The molecule has 20 heavy (non-hydrogen) atoms. The van der Waals surface area contributed by atoms with Gasteiger partial charge in [-0.2, -0.15) is 0 Å². The molecule has 1 amide bonds. The van der Waals surface area contributed by atoms with Crippen LogP contribution < -0.4 is 15.4 Å². The number of para-hydroxylation sites is 1. The molecular weight excluding hydrogens is 274 g/mol. The van der Waals surface area contributed by atoms with Crippen LogP contribution in [0.15, 0.2) is 30.3 Å². The number of nitrogens with one attached hydrogen (secondary N) is 2. The van der Waals surface area contributed by atoms with E-state index in [2.05, 4.69) is 15.6 Å². The number of fused-ring (bicyclic) bond motifs is 1. The standard InChI is InChI=1S/C14H15N3O2S/c18-13(6-7-19-10-4-2-1-3-5-10)17-14-16-11-8-15-9-12(11)20-14/h1-5,15H,6-9H2,(H,16,17,18). The fourth-order valence-corrected chi connectivity index (χ4v) is 2.93. The first-order chi connectivity index (χ1) is 9.81. The molecule has 1 aromatic heterocycles. The maximum Gasteiger partial charge on any atom is 0.229 e. The lowest BCUT2D eigenvalue weighted by molar-refractivity contribution is -0.116. The SMILES string of the molecule is O=C(CCOc1ccccc1)Nc1nc2c(s1)CNC2. The third-order valence-electron chi connectivity index (χ3n) is 2.94. The Morgan fingerprint density at radius 2 is 2.20 bits per heavy atom. The fraction of sp³-hybridized carbons (Fsp3) is 0.286. The molecule has 0 atom stereocenters. The van der Waals surface area contributed by atoms with E-state index in [0.29, 0.717) is 18.2 Å². The molecule has 0 aliphatic carbocycles. The Morgan fingerprint density at radius 3 is 3.00 bits per heavy atom. The van der Waals surface area contributed by atoms with Gasteiger partial charge >= 0.3 is 0 Å². The van der Waals surface area contributed by atoms with Crippen molar-refractivity contribution in [1.82, 2.24) is 10.3 Å². The highest BCUT2D eigenvalue weighted by Gasteiger charge is 2.17. The number of ether oxygens (including phenoxy) is 1. The summed E-state index contributed by atoms with van der Waals surface area (Å²) in [6.07, 6.45) is 0.317. The average Bonchev–Trinajstić information content (AvgIpc) is 3.01. The summed E-state index contributed by atoms with van der Waals surface area (Å²) in [4.78, 5) is 17.4. The predicted octanol–water partition coefficient (Wildman–Crippen LogP) is 2.15. The molecule has 0 fully saturated rings. The van der Waals surface area contributed by atoms with Gasteiger partial charge in [0.25, 0.3) is 0 Å². The van der Waals surface area contributed by atoms with E-state index < -0.39 is 0 Å². The molecule has 104 valence electrons. The molecule has 1 aliphatic rings. The maximum atomic E-state index is 11.8. The number of carbonyl (C=O) groups excluding carboxylic acids is 1. The second kappa shape index (κ2) is 6.02. The molecule has 2 N–H and O–H groups in total. The van der Waals surface area contributed by atoms with Crippen molar-refractivity contribution < 1.29 is 9.53 Å². The van der Waals surface area contributed by atoms with Crippen molar-refractivity contribution in [3.63, 3.8) is 0 Å². The molecule has 1 aromatic carbocycles. The highest BCUT2D eigenvalue weighted by atomic mass is 32.1. The molecule has 1 aliphatic heterocycles. The van der Waals surface area contributed by atoms with E-state index in [0.717, 1.165) is 24.5 Å². The third kappa shape index (κ3) is 3.15. The molecule has 0 saturated heterocycles. The number of benzene rings is 1. The summed E-state index contributed by atoms with van der Waals surface area (Å²) >= 11 is 1.53. The van der Waals surface area contributed by atoms with Crippen LogP contribution >= 0.6 is 11.3 Å². The number of hydrogen-bond acceptors (Lipinski definition) is 5. The molecule has 2 heterocycles. The van der Waals surface area contributed by atoms with Gasteiger partial charge in [-0.15, -0.1) is 11.3 Å². The first-order valence-corrected chi connectivity index (χ1v) is 7.30. The van der Waals surface area contributed by atoms with Gasteiger partial charge in [-0.25, -0.2) is 4.98 Å². The number of aromatic nitrogens is 1. The first-order valence-electron chi connectivity index (χ1n) is 6.48. The van der Waals surface area contributed by atoms with Crippen LogP contribution in [0.5, 0.6) is 5.75 Å². The Bertz CT molecular complexity index is 576. The van der Waals surface area contributed by atoms with Crippen LogP contribution in [-0.4, -0.2) is 17.5 Å². The normalized spacial score (nSPS) is 13.0. The molecule has 2 aromatic rings. The summed E-state index contributed by atoms with van der Waals surface area (Å²) in [6.45, 7) is 2.00. The van der Waals surface area contributed by atoms with Gasteiger partial charge in [-0.1, -0.05) is 18.2 Å². The van der Waals surface area contributed by atoms with Crippen molar-refractivity contribution >= 4 is 22.4 Å². The number of rotatable bonds is 5. The van der Waals surface area contributed by atoms with Crippen LogP contribution in [0.2, 0.25) is 0 Å². The molecule has 0 unspecified atom stereocenters. The van der Waals surface area contributed by atoms with E-state index >= 15 is 0 Å². The number of anilines is 1. The van der Waals surface area contributed by atoms with Gasteiger partial charge in [0.2, 0.25) is 5.91 Å². The fourth-order valence-electron chi connectivity index (χ4n) is 1.97. The number of thiazole rings is 1. The van der Waals surface area contributed by atoms with Gasteiger partial charge in [0.1, 0.15) is 5.75 Å². The number of hydrogen-bond donors (Lipinski definition) is 2. The summed E-state index contributed by atoms with van der Waals surface area (Å²) in [5.41, 5.74) is 1.05. The zero-order valence-corrected chi connectivity index (χ0v) is 11.7. The minimum absolute atomic E-state index is 0.0682. The molecular formula is C14H15N3O2S. The molecule has 0 radical (unpaired) electrons. The van der Waals surface area contributed by atoms with Crippen LogP contribution in [0.25, 0.3) is 0 Å². The van der Waals surface area contributed by atoms with Crippen LogP contribution in [0.1, 0.15) is 17.0 Å². The van der Waals surface area contributed by atoms with Crippen molar-refractivity contribution in [2.45, 2.75) is 19.5 Å². The number of amides is 1. The van der Waals surface area contributed by atoms with Crippen molar-refractivity contribution in [3.8, 4) is 5.75 Å². The summed E-state index contributed by atoms with van der Waals surface area (Å²) in [5.74, 6) is 0.709. The number of nitrogens with zero attached hydrogens (tertiary/aromatic N) is 1. The average molecular weight is 289 g/mol. The molecule has 3 rings (SSSR count). The maximum absolute atomic E-state index is 11.8. The lowest BCUT2D eigenvalue weighted by Gasteiger charge is -2.05. The van der Waals surface area contributed by atoms with E-state index in [1.54, 1.807) is 0 Å². The summed E-state index contributed by atoms with van der Waals surface area (Å²) in [6, 6.07) is 9.48. The van der Waals surface area contributed by atoms with E-state index in [-0.39, 0.29) is 5.91 Å². The van der Waals surface area contributed by atoms with E-state index in [1.807, 2.05) is 30.3 Å². The van der Waals surface area contributed by atoms with Crippen molar-refractivity contribution in [2.75, 3.05) is 11.9 Å². The Balaban J connectivity index is 1.45. The first kappa shape index (κ1) is 13.1. The van der Waals surface area contributed by atoms with Crippen LogP contribution in [0.4, 0.5) is 5.13 Å². The lowest BCUT2D eigenvalue weighted by atomic mass is 10.3. The second-order valence-electron chi connectivity index (χ2n) is 4.45. The highest BCUT2D eigenvalue weighted by Crippen LogP contribution is 2.26. The lowest BCUT2D eigenvalue weighted by Crippen LogP contribution is -2.15. The van der Waals surface area contributed by atoms with Gasteiger partial charge in [0.05, 0.1) is 18.7 Å². The summed E-state index contributed by atoms with van der Waals surface area (Å²) < 4.78 is 5.49. The van der Waals surface area contributed by atoms with Gasteiger partial charge in [0.15, 0.2) is 5.13 Å². The quantitative estimate of drug-likeness (QED) is 0.885. The Labute approximate surface area is 121 Å². The molecule has 0 spiro atoms. The second-order valence-corrected chi connectivity index (χ2v) is 5.54. The Morgan fingerprint density at radius 1 is 1.35 bits per heavy atom. The molecule has 0 bridgehead atoms. The minimum atomic E-state index is -0.0682. The summed E-state index contributed by atoms with van der Waals surface area (Å²) in [5, 5.41) is 6.72. The molecule has 0 saturated carbocycles. The van der Waals surface area contributed by atoms with Gasteiger partial charge in [0, 0.05) is 18.0 Å². The predicted molar refractivity (Wildman–Crippen MR) is 77.8 cm³/mol. The van der Waals surface area contributed by atoms with Gasteiger partial charge in [-0.3, -0.25) is 4.79 Å². The van der Waals surface area contributed by atoms with Crippen LogP contribution in [-0.2, 0) is 17.9 Å².